The summed E-state index contributed by atoms with van der Waals surface area (Å²) in [5.74, 6) is 0.857. The Labute approximate surface area is 135 Å². The molecule has 0 unspecified atom stereocenters. The van der Waals surface area contributed by atoms with Crippen molar-refractivity contribution >= 4 is 11.0 Å². The van der Waals surface area contributed by atoms with Crippen LogP contribution >= 0.6 is 0 Å². The van der Waals surface area contributed by atoms with Gasteiger partial charge >= 0.3 is 0 Å². The van der Waals surface area contributed by atoms with Gasteiger partial charge in [0.05, 0.1) is 23.9 Å². The standard InChI is InChI=1S/C16H13N5.C2H6/c1-2-4-12(5-3-1)9-21-11-19-20-16(21)13-6-7-14-15(8-13)18-10-17-14;1-2/h1-8,10-11H,9H2,(H,17,18);1-2H3. The molecule has 0 amide bonds. The number of H-pyrrole nitrogens is 1. The zero-order valence-corrected chi connectivity index (χ0v) is 13.3. The van der Waals surface area contributed by atoms with Crippen LogP contribution in [0.25, 0.3) is 22.4 Å². The second-order valence-corrected chi connectivity index (χ2v) is 4.90. The van der Waals surface area contributed by atoms with Gasteiger partial charge in [-0.2, -0.15) is 0 Å². The molecule has 4 aromatic rings. The van der Waals surface area contributed by atoms with Crippen molar-refractivity contribution in [3.8, 4) is 11.4 Å². The number of aromatic nitrogens is 5. The summed E-state index contributed by atoms with van der Waals surface area (Å²) in [6.45, 7) is 4.75. The first-order chi connectivity index (χ1) is 11.4. The number of benzene rings is 2. The van der Waals surface area contributed by atoms with Gasteiger partial charge in [-0.15, -0.1) is 10.2 Å². The largest absolute Gasteiger partial charge is 0.345 e. The Kier molecular flexibility index (Phi) is 4.47. The van der Waals surface area contributed by atoms with Crippen molar-refractivity contribution in [2.24, 2.45) is 0 Å². The minimum Gasteiger partial charge on any atom is -0.345 e. The zero-order chi connectivity index (χ0) is 16.1. The number of hydrogen-bond acceptors (Lipinski definition) is 3. The molecule has 1 N–H and O–H groups in total. The highest BCUT2D eigenvalue weighted by Crippen LogP contribution is 2.21. The Morgan fingerprint density at radius 1 is 1.04 bits per heavy atom. The number of aromatic amines is 1. The predicted molar refractivity (Wildman–Crippen MR) is 92.0 cm³/mol. The molecule has 0 aliphatic carbocycles. The minimum absolute atomic E-state index is 0.754. The van der Waals surface area contributed by atoms with E-state index in [0.29, 0.717) is 0 Å². The highest BCUT2D eigenvalue weighted by Gasteiger charge is 2.09. The number of rotatable bonds is 3. The molecule has 23 heavy (non-hydrogen) atoms. The van der Waals surface area contributed by atoms with Crippen LogP contribution in [0.4, 0.5) is 0 Å². The number of nitrogens with zero attached hydrogens (tertiary/aromatic N) is 4. The van der Waals surface area contributed by atoms with Crippen molar-refractivity contribution < 1.29 is 0 Å². The number of nitrogens with one attached hydrogen (secondary N) is 1. The zero-order valence-electron chi connectivity index (χ0n) is 13.3. The topological polar surface area (TPSA) is 59.4 Å². The molecule has 0 atom stereocenters. The van der Waals surface area contributed by atoms with Gasteiger partial charge in [-0.05, 0) is 23.8 Å². The van der Waals surface area contributed by atoms with Gasteiger partial charge in [-0.3, -0.25) is 0 Å². The van der Waals surface area contributed by atoms with Crippen LogP contribution in [0.1, 0.15) is 19.4 Å². The van der Waals surface area contributed by atoms with Crippen molar-refractivity contribution in [3.63, 3.8) is 0 Å². The fourth-order valence-electron chi connectivity index (χ4n) is 2.45. The molecule has 0 aliphatic rings. The molecule has 5 nitrogen and oxygen atoms in total. The lowest BCUT2D eigenvalue weighted by atomic mass is 10.1. The summed E-state index contributed by atoms with van der Waals surface area (Å²) < 4.78 is 2.05. The Balaban J connectivity index is 0.000000753. The first kappa shape index (κ1) is 15.0. The van der Waals surface area contributed by atoms with Crippen LogP contribution in [0.3, 0.4) is 0 Å². The number of imidazole rings is 1. The Morgan fingerprint density at radius 3 is 2.70 bits per heavy atom. The molecular formula is C18H19N5. The molecular weight excluding hydrogens is 286 g/mol. The average molecular weight is 305 g/mol. The number of fused-ring (bicyclic) bond motifs is 1. The van der Waals surface area contributed by atoms with E-state index in [0.717, 1.165) is 29.0 Å². The van der Waals surface area contributed by atoms with Gasteiger partial charge in [0.15, 0.2) is 5.82 Å². The molecule has 0 aliphatic heterocycles. The van der Waals surface area contributed by atoms with Gasteiger partial charge in [0.1, 0.15) is 6.33 Å². The fraction of sp³-hybridized carbons (Fsp3) is 0.167. The normalized spacial score (nSPS) is 10.3. The van der Waals surface area contributed by atoms with Gasteiger partial charge in [-0.25, -0.2) is 4.98 Å². The van der Waals surface area contributed by atoms with E-state index in [1.54, 1.807) is 12.7 Å². The van der Waals surface area contributed by atoms with Gasteiger partial charge in [-0.1, -0.05) is 44.2 Å². The van der Waals surface area contributed by atoms with Crippen LogP contribution in [-0.4, -0.2) is 24.7 Å². The molecule has 0 bridgehead atoms. The molecule has 2 heterocycles. The van der Waals surface area contributed by atoms with Crippen LogP contribution in [0.15, 0.2) is 61.2 Å². The van der Waals surface area contributed by atoms with Crippen molar-refractivity contribution in [2.75, 3.05) is 0 Å². The van der Waals surface area contributed by atoms with Gasteiger partial charge in [0.2, 0.25) is 0 Å². The first-order valence-corrected chi connectivity index (χ1v) is 7.75. The SMILES string of the molecule is CC.c1ccc(Cn2cnnc2-c2ccc3nc[nH]c3c2)cc1. The molecule has 2 aromatic heterocycles. The Bertz CT molecular complexity index is 876. The summed E-state index contributed by atoms with van der Waals surface area (Å²) in [7, 11) is 0. The maximum Gasteiger partial charge on any atom is 0.164 e. The Morgan fingerprint density at radius 2 is 1.87 bits per heavy atom. The lowest BCUT2D eigenvalue weighted by Crippen LogP contribution is -2.00. The van der Waals surface area contributed by atoms with E-state index < -0.39 is 0 Å². The van der Waals surface area contributed by atoms with Crippen LogP contribution in [0.5, 0.6) is 0 Å². The lowest BCUT2D eigenvalue weighted by Gasteiger charge is -2.06. The van der Waals surface area contributed by atoms with E-state index in [4.69, 9.17) is 0 Å². The third-order valence-electron chi connectivity index (χ3n) is 3.49. The van der Waals surface area contributed by atoms with Crippen molar-refractivity contribution in [2.45, 2.75) is 20.4 Å². The van der Waals surface area contributed by atoms with Gasteiger partial charge in [0.25, 0.3) is 0 Å². The van der Waals surface area contributed by atoms with E-state index in [9.17, 15) is 0 Å². The highest BCUT2D eigenvalue weighted by molar-refractivity contribution is 5.79. The Hall–Kier alpha value is -2.95. The summed E-state index contributed by atoms with van der Waals surface area (Å²) in [6.07, 6.45) is 3.46. The molecule has 0 saturated heterocycles. The predicted octanol–water partition coefficient (Wildman–Crippen LogP) is 3.90. The van der Waals surface area contributed by atoms with Gasteiger partial charge < -0.3 is 9.55 Å². The number of hydrogen-bond donors (Lipinski definition) is 1. The van der Waals surface area contributed by atoms with E-state index in [1.807, 2.05) is 54.8 Å². The maximum atomic E-state index is 4.25. The quantitative estimate of drug-likeness (QED) is 0.624. The molecule has 116 valence electrons. The second-order valence-electron chi connectivity index (χ2n) is 4.90. The molecule has 2 aromatic carbocycles. The lowest BCUT2D eigenvalue weighted by molar-refractivity contribution is 0.803. The minimum atomic E-state index is 0.754. The summed E-state index contributed by atoms with van der Waals surface area (Å²) in [4.78, 5) is 7.36. The maximum absolute atomic E-state index is 4.25. The molecule has 5 heteroatoms. The van der Waals surface area contributed by atoms with Crippen molar-refractivity contribution in [3.05, 3.63) is 66.7 Å². The highest BCUT2D eigenvalue weighted by atomic mass is 15.3. The summed E-state index contributed by atoms with van der Waals surface area (Å²) in [5, 5.41) is 8.30. The van der Waals surface area contributed by atoms with Gasteiger partial charge in [0, 0.05) is 5.56 Å². The fourth-order valence-corrected chi connectivity index (χ4v) is 2.45. The smallest absolute Gasteiger partial charge is 0.164 e. The monoisotopic (exact) mass is 305 g/mol. The molecule has 0 spiro atoms. The molecule has 0 radical (unpaired) electrons. The summed E-state index contributed by atoms with van der Waals surface area (Å²) in [5.41, 5.74) is 4.20. The third kappa shape index (κ3) is 3.13. The molecule has 0 fully saturated rings. The van der Waals surface area contributed by atoms with E-state index in [-0.39, 0.29) is 0 Å². The van der Waals surface area contributed by atoms with Crippen molar-refractivity contribution in [1.82, 2.24) is 24.7 Å². The molecule has 4 rings (SSSR count). The van der Waals surface area contributed by atoms with E-state index in [1.165, 1.54) is 5.56 Å². The first-order valence-electron chi connectivity index (χ1n) is 7.75. The molecule has 0 saturated carbocycles. The van der Waals surface area contributed by atoms with Crippen LogP contribution in [0, 0.1) is 0 Å². The van der Waals surface area contributed by atoms with E-state index >= 15 is 0 Å². The van der Waals surface area contributed by atoms with Crippen LogP contribution in [0.2, 0.25) is 0 Å². The average Bonchev–Trinajstić information content (AvgIpc) is 3.26. The summed E-state index contributed by atoms with van der Waals surface area (Å²) in [6, 6.07) is 16.4. The second kappa shape index (κ2) is 6.87. The third-order valence-corrected chi connectivity index (χ3v) is 3.49. The van der Waals surface area contributed by atoms with Crippen LogP contribution in [-0.2, 0) is 6.54 Å². The van der Waals surface area contributed by atoms with Crippen LogP contribution < -0.4 is 0 Å². The summed E-state index contributed by atoms with van der Waals surface area (Å²) >= 11 is 0. The van der Waals surface area contributed by atoms with E-state index in [2.05, 4.69) is 32.3 Å². The van der Waals surface area contributed by atoms with Crippen molar-refractivity contribution in [1.29, 1.82) is 0 Å².